The van der Waals surface area contributed by atoms with Crippen molar-refractivity contribution in [3.63, 3.8) is 0 Å². The van der Waals surface area contributed by atoms with E-state index >= 15 is 0 Å². The molecule has 2 aromatic rings. The van der Waals surface area contributed by atoms with Gasteiger partial charge in [0.1, 0.15) is 36.3 Å². The van der Waals surface area contributed by atoms with Gasteiger partial charge in [0.05, 0.1) is 19.5 Å². The SMILES string of the molecule is CC(C)(COP(=O)(O)OP(=O)(O)OCC1OC(n2cnc3c(N)ncnc32)C(O)C1OP(=O)(O)O)C(O)C(=O)NCCC(=O)NCCSC(=O)C(N)C(=O)OS(=O)(=O)O. The minimum atomic E-state index is -5.63. The number of aliphatic hydroxyl groups excluding tert-OH is 2. The van der Waals surface area contributed by atoms with E-state index in [9.17, 15) is 71.1 Å². The van der Waals surface area contributed by atoms with Crippen molar-refractivity contribution >= 4 is 85.5 Å². The molecule has 2 aromatic heterocycles. The van der Waals surface area contributed by atoms with Crippen LogP contribution in [0.4, 0.5) is 5.82 Å². The number of carbonyl (C=O) groups is 4. The second-order valence-electron chi connectivity index (χ2n) is 12.5. The summed E-state index contributed by atoms with van der Waals surface area (Å²) >= 11 is 0.430. The number of hydrogen-bond acceptors (Lipinski definition) is 23. The van der Waals surface area contributed by atoms with Crippen molar-refractivity contribution in [1.29, 1.82) is 0 Å². The number of phosphoric acid groups is 3. The standard InChI is InChI=1S/C24H39N8O22P3S2/c1-24(2,17(35)20(36)28-4-3-12(33)27-5-6-58-23(38)13(25)22(37)53-59(46,47)48)8-50-57(44,45)54-56(42,43)49-7-11-16(52-55(39,40)41)15(34)21(51-11)32-10-31-14-18(26)29-9-30-19(14)32/h9-11,13,15-17,21,34-35H,3-8,25H2,1-2H3,(H,27,33)(H,28,36)(H,42,43)(H,44,45)(H2,26,29,30)(H2,39,40,41)(H,46,47,48). The van der Waals surface area contributed by atoms with Gasteiger partial charge in [0.2, 0.25) is 16.9 Å². The van der Waals surface area contributed by atoms with Crippen LogP contribution in [0.3, 0.4) is 0 Å². The number of rotatable bonds is 22. The molecule has 8 atom stereocenters. The van der Waals surface area contributed by atoms with Gasteiger partial charge < -0.3 is 60.8 Å². The summed E-state index contributed by atoms with van der Waals surface area (Å²) in [6.45, 7) is -0.300. The number of aromatic nitrogens is 4. The van der Waals surface area contributed by atoms with Crippen LogP contribution in [0.5, 0.6) is 0 Å². The minimum absolute atomic E-state index is 0.00189. The summed E-state index contributed by atoms with van der Waals surface area (Å²) in [5.74, 6) is -3.69. The number of aliphatic hydroxyl groups is 2. The van der Waals surface area contributed by atoms with E-state index in [1.807, 2.05) is 0 Å². The van der Waals surface area contributed by atoms with Crippen molar-refractivity contribution in [2.45, 2.75) is 57.0 Å². The van der Waals surface area contributed by atoms with Crippen molar-refractivity contribution in [2.75, 3.05) is 37.8 Å². The molecule has 1 aliphatic rings. The number of anilines is 1. The number of imidazole rings is 1. The highest BCUT2D eigenvalue weighted by molar-refractivity contribution is 8.13. The third kappa shape index (κ3) is 15.4. The Morgan fingerprint density at radius 3 is 2.32 bits per heavy atom. The Hall–Kier alpha value is -3.10. The molecule has 0 aliphatic carbocycles. The Morgan fingerprint density at radius 2 is 1.69 bits per heavy atom. The van der Waals surface area contributed by atoms with Crippen LogP contribution in [-0.2, 0) is 70.1 Å². The zero-order chi connectivity index (χ0) is 44.7. The first-order valence-corrected chi connectivity index (χ1v) is 22.9. The molecule has 3 heterocycles. The molecule has 2 amide bonds. The van der Waals surface area contributed by atoms with Crippen LogP contribution in [0.25, 0.3) is 11.2 Å². The van der Waals surface area contributed by atoms with Crippen molar-refractivity contribution in [2.24, 2.45) is 11.1 Å². The van der Waals surface area contributed by atoms with Crippen LogP contribution >= 0.6 is 35.2 Å². The number of hydrogen-bond donors (Lipinski definition) is 11. The summed E-state index contributed by atoms with van der Waals surface area (Å²) in [5.41, 5.74) is 9.33. The average Bonchev–Trinajstić information content (AvgIpc) is 3.66. The lowest BCUT2D eigenvalue weighted by molar-refractivity contribution is -0.138. The van der Waals surface area contributed by atoms with Gasteiger partial charge in [0.25, 0.3) is 0 Å². The van der Waals surface area contributed by atoms with E-state index < -0.39 is 112 Å². The average molecular weight is 949 g/mol. The van der Waals surface area contributed by atoms with Crippen molar-refractivity contribution in [3.05, 3.63) is 12.7 Å². The molecule has 1 aliphatic heterocycles. The number of ether oxygens (including phenoxy) is 1. The Morgan fingerprint density at radius 1 is 1.05 bits per heavy atom. The van der Waals surface area contributed by atoms with E-state index in [-0.39, 0.29) is 42.2 Å². The molecule has 0 radical (unpaired) electrons. The molecular weight excluding hydrogens is 909 g/mol. The van der Waals surface area contributed by atoms with E-state index in [2.05, 4.69) is 38.6 Å². The van der Waals surface area contributed by atoms with Crippen LogP contribution in [0.1, 0.15) is 26.5 Å². The first kappa shape index (κ1) is 50.3. The van der Waals surface area contributed by atoms with Gasteiger partial charge in [0.15, 0.2) is 23.7 Å². The number of thioether (sulfide) groups is 1. The highest BCUT2D eigenvalue weighted by Crippen LogP contribution is 2.61. The summed E-state index contributed by atoms with van der Waals surface area (Å²) in [4.78, 5) is 98.6. The van der Waals surface area contributed by atoms with E-state index in [0.717, 1.165) is 17.2 Å². The van der Waals surface area contributed by atoms with Crippen LogP contribution in [0.15, 0.2) is 12.7 Å². The van der Waals surface area contributed by atoms with E-state index in [1.54, 1.807) is 0 Å². The summed E-state index contributed by atoms with van der Waals surface area (Å²) < 4.78 is 95.0. The van der Waals surface area contributed by atoms with Crippen LogP contribution < -0.4 is 22.1 Å². The number of fused-ring (bicyclic) bond motifs is 1. The van der Waals surface area contributed by atoms with Crippen molar-refractivity contribution in [3.8, 4) is 0 Å². The molecule has 35 heteroatoms. The Bertz CT molecular complexity index is 2120. The largest absolute Gasteiger partial charge is 0.481 e. The first-order valence-electron chi connectivity index (χ1n) is 16.0. The molecule has 3 rings (SSSR count). The topological polar surface area (TPSA) is 470 Å². The molecule has 13 N–H and O–H groups in total. The zero-order valence-electron chi connectivity index (χ0n) is 30.2. The Labute approximate surface area is 336 Å². The fraction of sp³-hybridized carbons (Fsp3) is 0.625. The smallest absolute Gasteiger partial charge is 0.386 e. The van der Waals surface area contributed by atoms with E-state index in [0.29, 0.717) is 11.8 Å². The molecular formula is C24H39N8O22P3S2. The van der Waals surface area contributed by atoms with Gasteiger partial charge in [-0.15, -0.1) is 0 Å². The van der Waals surface area contributed by atoms with Crippen LogP contribution in [0.2, 0.25) is 0 Å². The maximum Gasteiger partial charge on any atom is 0.481 e. The number of carbonyl (C=O) groups excluding carboxylic acids is 4. The number of nitrogens with zero attached hydrogens (tertiary/aromatic N) is 4. The number of phosphoric ester groups is 3. The van der Waals surface area contributed by atoms with Gasteiger partial charge in [-0.3, -0.25) is 37.1 Å². The highest BCUT2D eigenvalue weighted by Gasteiger charge is 2.50. The molecule has 0 saturated carbocycles. The van der Waals surface area contributed by atoms with Gasteiger partial charge in [-0.2, -0.15) is 12.7 Å². The lowest BCUT2D eigenvalue weighted by Gasteiger charge is -2.30. The Balaban J connectivity index is 1.47. The zero-order valence-corrected chi connectivity index (χ0v) is 34.5. The molecule has 0 aromatic carbocycles. The van der Waals surface area contributed by atoms with Gasteiger partial charge in [-0.1, -0.05) is 25.6 Å². The third-order valence-corrected chi connectivity index (χ3v) is 11.9. The van der Waals surface area contributed by atoms with Crippen LogP contribution in [0, 0.1) is 5.41 Å². The maximum atomic E-state index is 12.7. The molecule has 0 bridgehead atoms. The van der Waals surface area contributed by atoms with E-state index in [1.165, 1.54) is 13.8 Å². The van der Waals surface area contributed by atoms with Crippen molar-refractivity contribution < 1.29 is 102 Å². The number of nitrogens with two attached hydrogens (primary N) is 2. The number of amides is 2. The quantitative estimate of drug-likeness (QED) is 0.0234. The highest BCUT2D eigenvalue weighted by atomic mass is 32.3. The second kappa shape index (κ2) is 20.2. The fourth-order valence-corrected chi connectivity index (χ4v) is 8.44. The molecule has 8 unspecified atom stereocenters. The second-order valence-corrected chi connectivity index (χ2v) is 18.9. The van der Waals surface area contributed by atoms with E-state index in [4.69, 9.17) is 29.8 Å². The number of nitrogen functional groups attached to an aromatic ring is 1. The monoisotopic (exact) mass is 948 g/mol. The molecule has 1 saturated heterocycles. The normalized spacial score (nSPS) is 21.9. The van der Waals surface area contributed by atoms with Gasteiger partial charge >= 0.3 is 39.8 Å². The third-order valence-electron chi connectivity index (χ3n) is 7.44. The maximum absolute atomic E-state index is 12.7. The van der Waals surface area contributed by atoms with Crippen LogP contribution in [-0.4, -0.2) is 148 Å². The fourth-order valence-electron chi connectivity index (χ4n) is 4.62. The minimum Gasteiger partial charge on any atom is -0.386 e. The van der Waals surface area contributed by atoms with Gasteiger partial charge in [0, 0.05) is 30.7 Å². The predicted octanol–water partition coefficient (Wildman–Crippen LogP) is -3.66. The Kier molecular flexibility index (Phi) is 17.2. The summed E-state index contributed by atoms with van der Waals surface area (Å²) in [7, 11) is -21.7. The number of nitrogens with one attached hydrogen (secondary N) is 2. The molecule has 1 fully saturated rings. The molecule has 334 valence electrons. The summed E-state index contributed by atoms with van der Waals surface area (Å²) in [6, 6.07) is -2.05. The van der Waals surface area contributed by atoms with Gasteiger partial charge in [-0.25, -0.2) is 33.4 Å². The predicted molar refractivity (Wildman–Crippen MR) is 193 cm³/mol. The molecule has 0 spiro atoms. The lowest BCUT2D eigenvalue weighted by atomic mass is 9.87. The van der Waals surface area contributed by atoms with Crippen molar-refractivity contribution in [1.82, 2.24) is 30.2 Å². The molecule has 59 heavy (non-hydrogen) atoms. The summed E-state index contributed by atoms with van der Waals surface area (Å²) in [6.07, 6.45) is -7.40. The first-order chi connectivity index (χ1) is 27.0. The molecule has 30 nitrogen and oxygen atoms in total. The lowest BCUT2D eigenvalue weighted by Crippen LogP contribution is -2.46. The summed E-state index contributed by atoms with van der Waals surface area (Å²) in [5, 5.41) is 24.9. The van der Waals surface area contributed by atoms with Gasteiger partial charge in [-0.05, 0) is 0 Å².